The van der Waals surface area contributed by atoms with Gasteiger partial charge in [0.1, 0.15) is 0 Å². The first-order chi connectivity index (χ1) is 6.55. The van der Waals surface area contributed by atoms with E-state index < -0.39 is 10.0 Å². The fourth-order valence-corrected chi connectivity index (χ4v) is 3.52. The van der Waals surface area contributed by atoms with Crippen molar-refractivity contribution in [2.24, 2.45) is 5.92 Å². The van der Waals surface area contributed by atoms with Crippen LogP contribution >= 0.6 is 0 Å². The molecule has 0 spiro atoms. The Hall–Kier alpha value is -0.620. The number of amides is 1. The van der Waals surface area contributed by atoms with E-state index in [-0.39, 0.29) is 17.1 Å². The predicted octanol–water partition coefficient (Wildman–Crippen LogP) is -0.844. The fourth-order valence-electron chi connectivity index (χ4n) is 1.59. The zero-order chi connectivity index (χ0) is 10.3. The molecule has 0 bridgehead atoms. The van der Waals surface area contributed by atoms with E-state index in [1.807, 2.05) is 0 Å². The average molecular weight is 218 g/mol. The molecule has 14 heavy (non-hydrogen) atoms. The number of sulfonamides is 1. The molecule has 1 aliphatic carbocycles. The minimum absolute atomic E-state index is 0.0627. The highest BCUT2D eigenvalue weighted by molar-refractivity contribution is 7.90. The van der Waals surface area contributed by atoms with Crippen molar-refractivity contribution in [3.8, 4) is 0 Å². The van der Waals surface area contributed by atoms with Crippen LogP contribution in [0.4, 0.5) is 0 Å². The van der Waals surface area contributed by atoms with Crippen molar-refractivity contribution in [1.82, 2.24) is 9.62 Å². The molecule has 0 unspecified atom stereocenters. The molecule has 6 heteroatoms. The number of hydrogen-bond donors (Lipinski definition) is 1. The van der Waals surface area contributed by atoms with Gasteiger partial charge in [0.25, 0.3) is 0 Å². The summed E-state index contributed by atoms with van der Waals surface area (Å²) in [7, 11) is -1.48. The van der Waals surface area contributed by atoms with Crippen LogP contribution < -0.4 is 5.32 Å². The van der Waals surface area contributed by atoms with Gasteiger partial charge >= 0.3 is 0 Å². The maximum absolute atomic E-state index is 11.6. The zero-order valence-corrected chi connectivity index (χ0v) is 8.88. The molecule has 0 aromatic rings. The van der Waals surface area contributed by atoms with Gasteiger partial charge in [0.05, 0.1) is 11.2 Å². The molecule has 0 atom stereocenters. The Morgan fingerprint density at radius 2 is 1.93 bits per heavy atom. The summed E-state index contributed by atoms with van der Waals surface area (Å²) < 4.78 is 24.7. The molecule has 1 amide bonds. The first-order valence-electron chi connectivity index (χ1n) is 4.76. The lowest BCUT2D eigenvalue weighted by Gasteiger charge is -2.36. The van der Waals surface area contributed by atoms with Gasteiger partial charge in [-0.3, -0.25) is 4.79 Å². The normalized spacial score (nSPS) is 24.4. The Bertz CT molecular complexity index is 342. The standard InChI is InChI=1S/C8H14N2O3S/c1-9-8(11)6-4-10(5-6)14(12,13)7-2-3-7/h6-7H,2-5H2,1H3,(H,9,11). The number of carbonyl (C=O) groups is 1. The Balaban J connectivity index is 1.91. The van der Waals surface area contributed by atoms with Gasteiger partial charge in [0, 0.05) is 20.1 Å². The summed E-state index contributed by atoms with van der Waals surface area (Å²) >= 11 is 0. The van der Waals surface area contributed by atoms with Crippen molar-refractivity contribution < 1.29 is 13.2 Å². The maximum Gasteiger partial charge on any atom is 0.225 e. The summed E-state index contributed by atoms with van der Waals surface area (Å²) in [5, 5.41) is 2.36. The molecule has 1 saturated heterocycles. The molecule has 1 saturated carbocycles. The van der Waals surface area contributed by atoms with Crippen LogP contribution in [0.2, 0.25) is 0 Å². The van der Waals surface area contributed by atoms with Crippen molar-refractivity contribution in [3.05, 3.63) is 0 Å². The molecular formula is C8H14N2O3S. The van der Waals surface area contributed by atoms with Crippen LogP contribution in [0.15, 0.2) is 0 Å². The van der Waals surface area contributed by atoms with Crippen LogP contribution in [0.5, 0.6) is 0 Å². The SMILES string of the molecule is CNC(=O)C1CN(S(=O)(=O)C2CC2)C1. The Morgan fingerprint density at radius 3 is 2.36 bits per heavy atom. The van der Waals surface area contributed by atoms with E-state index in [1.54, 1.807) is 7.05 Å². The van der Waals surface area contributed by atoms with Gasteiger partial charge in [-0.25, -0.2) is 8.42 Å². The maximum atomic E-state index is 11.6. The quantitative estimate of drug-likeness (QED) is 0.671. The Labute approximate surface area is 83.5 Å². The number of nitrogens with one attached hydrogen (secondary N) is 1. The van der Waals surface area contributed by atoms with E-state index in [0.717, 1.165) is 12.8 Å². The Kier molecular flexibility index (Phi) is 2.27. The van der Waals surface area contributed by atoms with Gasteiger partial charge in [-0.1, -0.05) is 0 Å². The van der Waals surface area contributed by atoms with Crippen LogP contribution in [-0.2, 0) is 14.8 Å². The number of rotatable bonds is 3. The summed E-state index contributed by atoms with van der Waals surface area (Å²) in [6.07, 6.45) is 1.56. The van der Waals surface area contributed by atoms with E-state index in [4.69, 9.17) is 0 Å². The molecule has 1 aliphatic heterocycles. The highest BCUT2D eigenvalue weighted by atomic mass is 32.2. The lowest BCUT2D eigenvalue weighted by molar-refractivity contribution is -0.127. The summed E-state index contributed by atoms with van der Waals surface area (Å²) in [5.74, 6) is -0.208. The molecule has 1 N–H and O–H groups in total. The van der Waals surface area contributed by atoms with Crippen molar-refractivity contribution >= 4 is 15.9 Å². The third kappa shape index (κ3) is 1.52. The van der Waals surface area contributed by atoms with Crippen LogP contribution in [-0.4, -0.2) is 44.0 Å². The largest absolute Gasteiger partial charge is 0.359 e. The molecule has 80 valence electrons. The monoisotopic (exact) mass is 218 g/mol. The van der Waals surface area contributed by atoms with Crippen molar-refractivity contribution in [1.29, 1.82) is 0 Å². The smallest absolute Gasteiger partial charge is 0.225 e. The molecule has 0 aromatic heterocycles. The highest BCUT2D eigenvalue weighted by Crippen LogP contribution is 2.34. The topological polar surface area (TPSA) is 66.5 Å². The minimum Gasteiger partial charge on any atom is -0.359 e. The zero-order valence-electron chi connectivity index (χ0n) is 8.06. The molecule has 2 fully saturated rings. The molecule has 0 radical (unpaired) electrons. The van der Waals surface area contributed by atoms with Gasteiger partial charge in [-0.05, 0) is 12.8 Å². The lowest BCUT2D eigenvalue weighted by Crippen LogP contribution is -2.55. The summed E-state index contributed by atoms with van der Waals surface area (Å²) in [5.41, 5.74) is 0. The predicted molar refractivity (Wildman–Crippen MR) is 51.1 cm³/mol. The van der Waals surface area contributed by atoms with Gasteiger partial charge in [-0.15, -0.1) is 0 Å². The first kappa shape index (κ1) is 9.92. The molecule has 0 aromatic carbocycles. The summed E-state index contributed by atoms with van der Waals surface area (Å²) in [6.45, 7) is 0.719. The highest BCUT2D eigenvalue weighted by Gasteiger charge is 2.46. The Morgan fingerprint density at radius 1 is 1.36 bits per heavy atom. The van der Waals surface area contributed by atoms with Crippen molar-refractivity contribution in [2.45, 2.75) is 18.1 Å². The van der Waals surface area contributed by atoms with Gasteiger partial charge in [-0.2, -0.15) is 4.31 Å². The van der Waals surface area contributed by atoms with E-state index >= 15 is 0 Å². The lowest BCUT2D eigenvalue weighted by atomic mass is 10.0. The van der Waals surface area contributed by atoms with Crippen LogP contribution in [0, 0.1) is 5.92 Å². The number of hydrogen-bond acceptors (Lipinski definition) is 3. The van der Waals surface area contributed by atoms with Crippen LogP contribution in [0.3, 0.4) is 0 Å². The molecule has 1 heterocycles. The summed E-state index contributed by atoms with van der Waals surface area (Å²) in [6, 6.07) is 0. The number of nitrogens with zero attached hydrogens (tertiary/aromatic N) is 1. The van der Waals surface area contributed by atoms with Crippen LogP contribution in [0.1, 0.15) is 12.8 Å². The van der Waals surface area contributed by atoms with E-state index in [9.17, 15) is 13.2 Å². The first-order valence-corrected chi connectivity index (χ1v) is 6.26. The van der Waals surface area contributed by atoms with Crippen molar-refractivity contribution in [2.75, 3.05) is 20.1 Å². The third-order valence-corrected chi connectivity index (χ3v) is 5.10. The minimum atomic E-state index is -3.05. The second-order valence-electron chi connectivity index (χ2n) is 3.87. The van der Waals surface area contributed by atoms with Crippen LogP contribution in [0.25, 0.3) is 0 Å². The molecular weight excluding hydrogens is 204 g/mol. The fraction of sp³-hybridized carbons (Fsp3) is 0.875. The average Bonchev–Trinajstić information content (AvgIpc) is 2.82. The van der Waals surface area contributed by atoms with E-state index in [0.29, 0.717) is 13.1 Å². The van der Waals surface area contributed by atoms with E-state index in [2.05, 4.69) is 5.32 Å². The van der Waals surface area contributed by atoms with Gasteiger partial charge < -0.3 is 5.32 Å². The number of carbonyl (C=O) groups excluding carboxylic acids is 1. The molecule has 5 nitrogen and oxygen atoms in total. The second-order valence-corrected chi connectivity index (χ2v) is 6.09. The summed E-state index contributed by atoms with van der Waals surface area (Å²) in [4.78, 5) is 11.1. The molecule has 2 aliphatic rings. The van der Waals surface area contributed by atoms with Crippen molar-refractivity contribution in [3.63, 3.8) is 0 Å². The second kappa shape index (κ2) is 3.20. The van der Waals surface area contributed by atoms with Gasteiger partial charge in [0.2, 0.25) is 15.9 Å². The molecule has 2 rings (SSSR count). The third-order valence-electron chi connectivity index (χ3n) is 2.77. The van der Waals surface area contributed by atoms with Gasteiger partial charge in [0.15, 0.2) is 0 Å². The van der Waals surface area contributed by atoms with E-state index in [1.165, 1.54) is 4.31 Å².